The normalized spacial score (nSPS) is 22.5. The molecule has 124 valence electrons. The largest absolute Gasteiger partial charge is 0.333 e. The van der Waals surface area contributed by atoms with Crippen molar-refractivity contribution < 1.29 is 14.6 Å². The number of carbonyl (C=O) groups excluding carboxylic acids is 1. The maximum absolute atomic E-state index is 12.2. The Morgan fingerprint density at radius 2 is 1.91 bits per heavy atom. The summed E-state index contributed by atoms with van der Waals surface area (Å²) in [5.74, 6) is 0.673. The Labute approximate surface area is 140 Å². The van der Waals surface area contributed by atoms with Crippen molar-refractivity contribution in [1.29, 1.82) is 0 Å². The Morgan fingerprint density at radius 3 is 2.57 bits per heavy atom. The smallest absolute Gasteiger partial charge is 0.269 e. The molecule has 3 rings (SSSR count). The number of quaternary nitrogens is 1. The van der Waals surface area contributed by atoms with Gasteiger partial charge >= 0.3 is 0 Å². The second kappa shape index (κ2) is 7.31. The predicted molar refractivity (Wildman–Crippen MR) is 89.4 cm³/mol. The summed E-state index contributed by atoms with van der Waals surface area (Å²) in [5, 5.41) is 10.8. The van der Waals surface area contributed by atoms with E-state index >= 15 is 0 Å². The number of non-ortho nitro benzene ring substituents is 1. The first-order valence-electron chi connectivity index (χ1n) is 8.14. The number of nitro groups is 1. The van der Waals surface area contributed by atoms with Crippen molar-refractivity contribution in [3.63, 3.8) is 0 Å². The number of nitrogens with zero attached hydrogens (tertiary/aromatic N) is 2. The van der Waals surface area contributed by atoms with Gasteiger partial charge in [-0.05, 0) is 37.0 Å². The van der Waals surface area contributed by atoms with Crippen molar-refractivity contribution in [2.24, 2.45) is 0 Å². The van der Waals surface area contributed by atoms with E-state index in [1.807, 2.05) is 4.90 Å². The SMILES string of the molecule is O=C1CS[C@@H](c2ccc([N+](=O)[O-])cc2)N1CC[NH+]1CCCCC1. The van der Waals surface area contributed by atoms with Crippen LogP contribution in [0.15, 0.2) is 24.3 Å². The molecule has 0 aromatic heterocycles. The van der Waals surface area contributed by atoms with Crippen LogP contribution in [0.1, 0.15) is 30.2 Å². The van der Waals surface area contributed by atoms with Crippen LogP contribution in [0.2, 0.25) is 0 Å². The lowest BCUT2D eigenvalue weighted by atomic mass is 10.1. The van der Waals surface area contributed by atoms with Gasteiger partial charge in [-0.15, -0.1) is 11.8 Å². The van der Waals surface area contributed by atoms with Gasteiger partial charge in [-0.25, -0.2) is 0 Å². The molecule has 1 N–H and O–H groups in total. The number of nitro benzene ring substituents is 1. The minimum Gasteiger partial charge on any atom is -0.333 e. The van der Waals surface area contributed by atoms with Crippen LogP contribution in [0, 0.1) is 10.1 Å². The fourth-order valence-electron chi connectivity index (χ4n) is 3.31. The molecular weight excluding hydrogens is 314 g/mol. The summed E-state index contributed by atoms with van der Waals surface area (Å²) in [6.45, 7) is 4.17. The van der Waals surface area contributed by atoms with Gasteiger partial charge < -0.3 is 9.80 Å². The summed E-state index contributed by atoms with van der Waals surface area (Å²) in [5.41, 5.74) is 1.06. The van der Waals surface area contributed by atoms with Crippen molar-refractivity contribution in [2.75, 3.05) is 31.9 Å². The van der Waals surface area contributed by atoms with E-state index in [2.05, 4.69) is 0 Å². The number of rotatable bonds is 5. The predicted octanol–water partition coefficient (Wildman–Crippen LogP) is 1.24. The van der Waals surface area contributed by atoms with Gasteiger partial charge in [0.25, 0.3) is 5.69 Å². The van der Waals surface area contributed by atoms with Crippen molar-refractivity contribution in [3.05, 3.63) is 39.9 Å². The highest BCUT2D eigenvalue weighted by molar-refractivity contribution is 8.00. The number of piperidine rings is 1. The quantitative estimate of drug-likeness (QED) is 0.649. The summed E-state index contributed by atoms with van der Waals surface area (Å²) in [6.07, 6.45) is 3.89. The molecule has 2 aliphatic heterocycles. The van der Waals surface area contributed by atoms with Crippen LogP contribution < -0.4 is 4.90 Å². The summed E-state index contributed by atoms with van der Waals surface area (Å²) < 4.78 is 0. The minimum atomic E-state index is -0.395. The Hall–Kier alpha value is -1.60. The lowest BCUT2D eigenvalue weighted by molar-refractivity contribution is -0.904. The monoisotopic (exact) mass is 336 g/mol. The van der Waals surface area contributed by atoms with E-state index in [4.69, 9.17) is 0 Å². The number of hydrogen-bond acceptors (Lipinski definition) is 4. The van der Waals surface area contributed by atoms with E-state index in [1.165, 1.54) is 44.5 Å². The first-order chi connectivity index (χ1) is 11.1. The molecule has 0 saturated carbocycles. The van der Waals surface area contributed by atoms with Crippen LogP contribution in [-0.2, 0) is 4.79 Å². The van der Waals surface area contributed by atoms with Gasteiger partial charge in [-0.3, -0.25) is 14.9 Å². The van der Waals surface area contributed by atoms with E-state index in [9.17, 15) is 14.9 Å². The molecule has 2 fully saturated rings. The first-order valence-corrected chi connectivity index (χ1v) is 9.19. The third kappa shape index (κ3) is 3.84. The highest BCUT2D eigenvalue weighted by Crippen LogP contribution is 2.38. The van der Waals surface area contributed by atoms with Gasteiger partial charge in [-0.1, -0.05) is 0 Å². The number of likely N-dealkylation sites (tertiary alicyclic amines) is 1. The van der Waals surface area contributed by atoms with Gasteiger partial charge in [0.2, 0.25) is 5.91 Å². The van der Waals surface area contributed by atoms with Gasteiger partial charge in [-0.2, -0.15) is 0 Å². The standard InChI is InChI=1S/C16H21N3O3S/c20-15-12-23-16(13-4-6-14(7-5-13)19(21)22)18(15)11-10-17-8-2-1-3-9-17/h4-7,16H,1-3,8-12H2/p+1/t16-/m0/s1. The molecule has 2 saturated heterocycles. The topological polar surface area (TPSA) is 67.9 Å². The zero-order chi connectivity index (χ0) is 16.2. The average Bonchev–Trinajstić information content (AvgIpc) is 2.95. The number of nitrogens with one attached hydrogen (secondary N) is 1. The van der Waals surface area contributed by atoms with Gasteiger partial charge in [0, 0.05) is 12.1 Å². The zero-order valence-electron chi connectivity index (χ0n) is 13.1. The van der Waals surface area contributed by atoms with Crippen LogP contribution in [0.3, 0.4) is 0 Å². The van der Waals surface area contributed by atoms with Crippen molar-refractivity contribution in [3.8, 4) is 0 Å². The third-order valence-corrected chi connectivity index (χ3v) is 5.88. The summed E-state index contributed by atoms with van der Waals surface area (Å²) in [7, 11) is 0. The van der Waals surface area contributed by atoms with Crippen molar-refractivity contribution >= 4 is 23.4 Å². The van der Waals surface area contributed by atoms with Gasteiger partial charge in [0.05, 0.1) is 36.9 Å². The molecule has 0 radical (unpaired) electrons. The Balaban J connectivity index is 1.65. The summed E-state index contributed by atoms with van der Waals surface area (Å²) >= 11 is 1.61. The molecule has 0 unspecified atom stereocenters. The molecule has 1 atom stereocenters. The molecule has 0 bridgehead atoms. The van der Waals surface area contributed by atoms with Gasteiger partial charge in [0.1, 0.15) is 5.37 Å². The highest BCUT2D eigenvalue weighted by Gasteiger charge is 2.33. The second-order valence-corrected chi connectivity index (χ2v) is 7.23. The molecule has 0 aliphatic carbocycles. The molecule has 6 nitrogen and oxygen atoms in total. The number of thioether (sulfide) groups is 1. The van der Waals surface area contributed by atoms with Crippen LogP contribution in [0.5, 0.6) is 0 Å². The van der Waals surface area contributed by atoms with Gasteiger partial charge in [0.15, 0.2) is 0 Å². The lowest BCUT2D eigenvalue weighted by Crippen LogP contribution is -3.13. The van der Waals surface area contributed by atoms with E-state index in [1.54, 1.807) is 28.8 Å². The molecule has 1 aromatic carbocycles. The molecule has 23 heavy (non-hydrogen) atoms. The third-order valence-electron chi connectivity index (χ3n) is 4.62. The van der Waals surface area contributed by atoms with E-state index in [0.717, 1.165) is 18.7 Å². The maximum atomic E-state index is 12.2. The molecule has 0 spiro atoms. The Bertz CT molecular complexity index is 572. The summed E-state index contributed by atoms with van der Waals surface area (Å²) in [4.78, 5) is 26.1. The first kappa shape index (κ1) is 16.3. The van der Waals surface area contributed by atoms with Crippen LogP contribution in [0.25, 0.3) is 0 Å². The molecule has 2 aliphatic rings. The van der Waals surface area contributed by atoms with E-state index in [-0.39, 0.29) is 17.0 Å². The Morgan fingerprint density at radius 1 is 1.22 bits per heavy atom. The Kier molecular flexibility index (Phi) is 5.17. The van der Waals surface area contributed by atoms with Crippen LogP contribution in [0.4, 0.5) is 5.69 Å². The second-order valence-electron chi connectivity index (χ2n) is 6.16. The molecule has 7 heteroatoms. The van der Waals surface area contributed by atoms with Crippen molar-refractivity contribution in [2.45, 2.75) is 24.6 Å². The van der Waals surface area contributed by atoms with E-state index < -0.39 is 4.92 Å². The molecule has 1 aromatic rings. The van der Waals surface area contributed by atoms with Crippen LogP contribution in [-0.4, -0.2) is 47.7 Å². The lowest BCUT2D eigenvalue weighted by Gasteiger charge is -2.28. The number of hydrogen-bond donors (Lipinski definition) is 1. The molecule has 2 heterocycles. The van der Waals surface area contributed by atoms with Crippen molar-refractivity contribution in [1.82, 2.24) is 4.90 Å². The van der Waals surface area contributed by atoms with Crippen LogP contribution >= 0.6 is 11.8 Å². The maximum Gasteiger partial charge on any atom is 0.269 e. The number of benzene rings is 1. The molecular formula is C16H22N3O3S+. The number of carbonyl (C=O) groups is 1. The summed E-state index contributed by atoms with van der Waals surface area (Å²) in [6, 6.07) is 6.59. The highest BCUT2D eigenvalue weighted by atomic mass is 32.2. The molecule has 1 amide bonds. The minimum absolute atomic E-state index is 0.00695. The fourth-order valence-corrected chi connectivity index (χ4v) is 4.53. The van der Waals surface area contributed by atoms with E-state index in [0.29, 0.717) is 5.75 Å². The zero-order valence-corrected chi connectivity index (χ0v) is 13.9. The number of amides is 1. The average molecular weight is 336 g/mol. The fraction of sp³-hybridized carbons (Fsp3) is 0.562.